The maximum absolute atomic E-state index is 4.66. The lowest BCUT2D eigenvalue weighted by Gasteiger charge is -2.39. The fourth-order valence-electron chi connectivity index (χ4n) is 3.16. The smallest absolute Gasteiger partial charge is 0.137 e. The van der Waals surface area contributed by atoms with Crippen molar-refractivity contribution in [1.82, 2.24) is 19.2 Å². The summed E-state index contributed by atoms with van der Waals surface area (Å²) in [5.41, 5.74) is 3.55. The van der Waals surface area contributed by atoms with Crippen LogP contribution in [-0.2, 0) is 6.54 Å². The molecule has 1 saturated heterocycles. The number of pyridine rings is 1. The summed E-state index contributed by atoms with van der Waals surface area (Å²) in [5.74, 6) is 0. The molecule has 3 rings (SSSR count). The lowest BCUT2D eigenvalue weighted by molar-refractivity contribution is 0.0872. The third-order valence-electron chi connectivity index (χ3n) is 4.53. The number of fused-ring (bicyclic) bond motifs is 1. The zero-order valence-corrected chi connectivity index (χ0v) is 12.7. The summed E-state index contributed by atoms with van der Waals surface area (Å²) in [6, 6.07) is 6.89. The van der Waals surface area contributed by atoms with Gasteiger partial charge in [0.1, 0.15) is 5.65 Å². The van der Waals surface area contributed by atoms with E-state index in [2.05, 4.69) is 64.5 Å². The Morgan fingerprint density at radius 1 is 1.30 bits per heavy atom. The Hall–Kier alpha value is -1.39. The van der Waals surface area contributed by atoms with Crippen molar-refractivity contribution in [2.75, 3.05) is 26.7 Å². The van der Waals surface area contributed by atoms with E-state index in [4.69, 9.17) is 0 Å². The number of nitrogens with zero attached hydrogens (tertiary/aromatic N) is 4. The molecule has 0 N–H and O–H groups in total. The second-order valence-electron chi connectivity index (χ2n) is 5.85. The van der Waals surface area contributed by atoms with Crippen LogP contribution in [0.25, 0.3) is 5.65 Å². The molecule has 0 bridgehead atoms. The van der Waals surface area contributed by atoms with Crippen molar-refractivity contribution in [3.63, 3.8) is 0 Å². The minimum atomic E-state index is 0.684. The average Bonchev–Trinajstić information content (AvgIpc) is 2.77. The van der Waals surface area contributed by atoms with E-state index in [1.165, 1.54) is 12.1 Å². The summed E-state index contributed by atoms with van der Waals surface area (Å²) in [7, 11) is 2.24. The highest BCUT2D eigenvalue weighted by atomic mass is 15.3. The first-order chi connectivity index (χ1) is 9.69. The number of hydrogen-bond donors (Lipinski definition) is 0. The van der Waals surface area contributed by atoms with Crippen molar-refractivity contribution >= 4 is 5.65 Å². The molecule has 1 fully saturated rings. The highest BCUT2D eigenvalue weighted by Crippen LogP contribution is 2.17. The molecular formula is C16H24N4. The second kappa shape index (κ2) is 5.54. The van der Waals surface area contributed by atoms with Gasteiger partial charge in [-0.05, 0) is 32.5 Å². The first-order valence-corrected chi connectivity index (χ1v) is 7.54. The fraction of sp³-hybridized carbons (Fsp3) is 0.562. The van der Waals surface area contributed by atoms with Crippen LogP contribution >= 0.6 is 0 Å². The van der Waals surface area contributed by atoms with Crippen molar-refractivity contribution < 1.29 is 0 Å². The Morgan fingerprint density at radius 3 is 2.95 bits per heavy atom. The SMILES string of the molecule is CCC1CN(Cc2c(C)nc3ccccn23)CCN1C. The fourth-order valence-corrected chi connectivity index (χ4v) is 3.16. The Kier molecular flexibility index (Phi) is 3.76. The van der Waals surface area contributed by atoms with Gasteiger partial charge >= 0.3 is 0 Å². The first kappa shape index (κ1) is 13.6. The minimum absolute atomic E-state index is 0.684. The van der Waals surface area contributed by atoms with Crippen LogP contribution in [-0.4, -0.2) is 51.9 Å². The third kappa shape index (κ3) is 2.45. The number of aryl methyl sites for hydroxylation is 1. The van der Waals surface area contributed by atoms with E-state index < -0.39 is 0 Å². The van der Waals surface area contributed by atoms with Gasteiger partial charge in [-0.25, -0.2) is 4.98 Å². The molecule has 0 spiro atoms. The van der Waals surface area contributed by atoms with Gasteiger partial charge in [-0.2, -0.15) is 0 Å². The van der Waals surface area contributed by atoms with Crippen molar-refractivity contribution in [2.45, 2.75) is 32.9 Å². The predicted octanol–water partition coefficient (Wildman–Crippen LogP) is 2.17. The van der Waals surface area contributed by atoms with Crippen molar-refractivity contribution in [3.05, 3.63) is 35.8 Å². The standard InChI is InChI=1S/C16H24N4/c1-4-14-11-19(10-9-18(14)3)12-15-13(2)17-16-7-5-6-8-20(15)16/h5-8,14H,4,9-12H2,1-3H3. The summed E-state index contributed by atoms with van der Waals surface area (Å²) in [6.07, 6.45) is 3.34. The molecule has 108 valence electrons. The Balaban J connectivity index is 1.81. The molecule has 4 nitrogen and oxygen atoms in total. The molecule has 0 saturated carbocycles. The number of rotatable bonds is 3. The van der Waals surface area contributed by atoms with E-state index in [-0.39, 0.29) is 0 Å². The molecule has 0 amide bonds. The number of hydrogen-bond acceptors (Lipinski definition) is 3. The molecule has 2 aromatic heterocycles. The highest BCUT2D eigenvalue weighted by molar-refractivity contribution is 5.42. The van der Waals surface area contributed by atoms with Crippen LogP contribution in [0.4, 0.5) is 0 Å². The van der Waals surface area contributed by atoms with Gasteiger partial charge in [0.05, 0.1) is 11.4 Å². The number of likely N-dealkylation sites (N-methyl/N-ethyl adjacent to an activating group) is 1. The largest absolute Gasteiger partial charge is 0.302 e. The van der Waals surface area contributed by atoms with Gasteiger partial charge in [0.25, 0.3) is 0 Å². The van der Waals surface area contributed by atoms with Gasteiger partial charge < -0.3 is 9.30 Å². The van der Waals surface area contributed by atoms with Gasteiger partial charge in [-0.1, -0.05) is 13.0 Å². The molecule has 1 aliphatic rings. The van der Waals surface area contributed by atoms with Crippen molar-refractivity contribution in [2.24, 2.45) is 0 Å². The van der Waals surface area contributed by atoms with Crippen LogP contribution in [0, 0.1) is 6.92 Å². The van der Waals surface area contributed by atoms with Gasteiger partial charge in [0.15, 0.2) is 0 Å². The summed E-state index contributed by atoms with van der Waals surface area (Å²) >= 11 is 0. The average molecular weight is 272 g/mol. The van der Waals surface area contributed by atoms with Crippen molar-refractivity contribution in [1.29, 1.82) is 0 Å². The molecule has 1 unspecified atom stereocenters. The highest BCUT2D eigenvalue weighted by Gasteiger charge is 2.24. The lowest BCUT2D eigenvalue weighted by Crippen LogP contribution is -2.50. The van der Waals surface area contributed by atoms with E-state index >= 15 is 0 Å². The monoisotopic (exact) mass is 272 g/mol. The predicted molar refractivity (Wildman–Crippen MR) is 81.9 cm³/mol. The van der Waals surface area contributed by atoms with Crippen LogP contribution in [0.5, 0.6) is 0 Å². The molecule has 3 heterocycles. The molecule has 1 aliphatic heterocycles. The number of piperazine rings is 1. The van der Waals surface area contributed by atoms with Crippen LogP contribution in [0.1, 0.15) is 24.7 Å². The molecule has 4 heteroatoms. The van der Waals surface area contributed by atoms with Gasteiger partial charge in [-0.15, -0.1) is 0 Å². The minimum Gasteiger partial charge on any atom is -0.302 e. The second-order valence-corrected chi connectivity index (χ2v) is 5.85. The lowest BCUT2D eigenvalue weighted by atomic mass is 10.1. The summed E-state index contributed by atoms with van der Waals surface area (Å²) in [6.45, 7) is 8.87. The van der Waals surface area contributed by atoms with Gasteiger partial charge in [0, 0.05) is 38.4 Å². The van der Waals surface area contributed by atoms with Gasteiger partial charge in [-0.3, -0.25) is 4.90 Å². The molecule has 0 aromatic carbocycles. The molecule has 1 atom stereocenters. The van der Waals surface area contributed by atoms with Crippen LogP contribution in [0.3, 0.4) is 0 Å². The quantitative estimate of drug-likeness (QED) is 0.855. The number of aromatic nitrogens is 2. The first-order valence-electron chi connectivity index (χ1n) is 7.54. The summed E-state index contributed by atoms with van der Waals surface area (Å²) < 4.78 is 2.23. The van der Waals surface area contributed by atoms with Crippen molar-refractivity contribution in [3.8, 4) is 0 Å². The normalized spacial score (nSPS) is 21.6. The maximum Gasteiger partial charge on any atom is 0.137 e. The zero-order chi connectivity index (χ0) is 14.1. The molecular weight excluding hydrogens is 248 g/mol. The van der Waals surface area contributed by atoms with E-state index in [0.717, 1.165) is 37.5 Å². The van der Waals surface area contributed by atoms with E-state index in [1.54, 1.807) is 0 Å². The molecule has 2 aromatic rings. The van der Waals surface area contributed by atoms with E-state index in [0.29, 0.717) is 6.04 Å². The van der Waals surface area contributed by atoms with Crippen LogP contribution in [0.2, 0.25) is 0 Å². The summed E-state index contributed by atoms with van der Waals surface area (Å²) in [4.78, 5) is 9.71. The summed E-state index contributed by atoms with van der Waals surface area (Å²) in [5, 5.41) is 0. The Bertz CT molecular complexity index is 589. The Morgan fingerprint density at radius 2 is 2.15 bits per heavy atom. The topological polar surface area (TPSA) is 23.8 Å². The van der Waals surface area contributed by atoms with E-state index in [9.17, 15) is 0 Å². The Labute approximate surface area is 121 Å². The van der Waals surface area contributed by atoms with Crippen LogP contribution < -0.4 is 0 Å². The third-order valence-corrected chi connectivity index (χ3v) is 4.53. The van der Waals surface area contributed by atoms with Crippen LogP contribution in [0.15, 0.2) is 24.4 Å². The molecule has 20 heavy (non-hydrogen) atoms. The molecule has 0 radical (unpaired) electrons. The number of imidazole rings is 1. The maximum atomic E-state index is 4.66. The zero-order valence-electron chi connectivity index (χ0n) is 12.7. The van der Waals surface area contributed by atoms with Gasteiger partial charge in [0.2, 0.25) is 0 Å². The molecule has 0 aliphatic carbocycles. The van der Waals surface area contributed by atoms with E-state index in [1.807, 2.05) is 0 Å².